The van der Waals surface area contributed by atoms with E-state index in [0.29, 0.717) is 0 Å². The van der Waals surface area contributed by atoms with Gasteiger partial charge in [-0.1, -0.05) is 88.7 Å². The van der Waals surface area contributed by atoms with Gasteiger partial charge in [0.2, 0.25) is 0 Å². The predicted molar refractivity (Wildman–Crippen MR) is 160 cm³/mol. The topological polar surface area (TPSA) is 30.7 Å². The summed E-state index contributed by atoms with van der Waals surface area (Å²) in [6, 6.07) is 44.4. The lowest BCUT2D eigenvalue weighted by Gasteiger charge is -2.13. The van der Waals surface area contributed by atoms with Crippen LogP contribution < -0.4 is 0 Å². The Hall–Kier alpha value is -4.54. The van der Waals surface area contributed by atoms with Crippen LogP contribution in [0.3, 0.4) is 0 Å². The van der Waals surface area contributed by atoms with Crippen molar-refractivity contribution in [2.75, 3.05) is 0 Å². The van der Waals surface area contributed by atoms with Crippen LogP contribution in [0.25, 0.3) is 61.3 Å². The molecule has 0 aliphatic rings. The molecule has 0 atom stereocenters. The summed E-state index contributed by atoms with van der Waals surface area (Å²) in [6.07, 6.45) is 1.86. The summed E-state index contributed by atoms with van der Waals surface area (Å²) in [5.41, 5.74) is 10.7. The van der Waals surface area contributed by atoms with Gasteiger partial charge in [-0.2, -0.15) is 0 Å². The molecule has 180 valence electrons. The van der Waals surface area contributed by atoms with Crippen LogP contribution in [0.2, 0.25) is 0 Å². The SMILES string of the molecule is Brc1ccc2c(c1)c1ncccc1n2-c1cccc(-c2cc(-c3ccccc3)nc(-c3ccccc3)c2)c1. The summed E-state index contributed by atoms with van der Waals surface area (Å²) in [7, 11) is 0. The highest BCUT2D eigenvalue weighted by atomic mass is 79.9. The first-order chi connectivity index (χ1) is 18.7. The normalized spacial score (nSPS) is 11.3. The van der Waals surface area contributed by atoms with E-state index in [0.717, 1.165) is 65.7 Å². The van der Waals surface area contributed by atoms with E-state index >= 15 is 0 Å². The van der Waals surface area contributed by atoms with Crippen LogP contribution in [0.4, 0.5) is 0 Å². The molecule has 7 rings (SSSR count). The Bertz CT molecular complexity index is 1870. The molecule has 3 nitrogen and oxygen atoms in total. The third-order valence-corrected chi connectivity index (χ3v) is 7.38. The second-order valence-corrected chi connectivity index (χ2v) is 10.2. The Labute approximate surface area is 229 Å². The third kappa shape index (κ3) is 4.00. The van der Waals surface area contributed by atoms with Crippen LogP contribution in [0, 0.1) is 0 Å². The quantitative estimate of drug-likeness (QED) is 0.218. The Morgan fingerprint density at radius 1 is 0.526 bits per heavy atom. The third-order valence-electron chi connectivity index (χ3n) is 6.88. The zero-order valence-electron chi connectivity index (χ0n) is 20.4. The van der Waals surface area contributed by atoms with Crippen LogP contribution in [0.5, 0.6) is 0 Å². The monoisotopic (exact) mass is 551 g/mol. The second-order valence-electron chi connectivity index (χ2n) is 9.28. The number of pyridine rings is 2. The maximum absolute atomic E-state index is 5.04. The number of halogens is 1. The molecule has 0 saturated heterocycles. The number of benzene rings is 4. The van der Waals surface area contributed by atoms with E-state index in [1.165, 1.54) is 0 Å². The van der Waals surface area contributed by atoms with Gasteiger partial charge in [0.15, 0.2) is 0 Å². The van der Waals surface area contributed by atoms with Gasteiger partial charge >= 0.3 is 0 Å². The molecular formula is C34H22BrN3. The molecule has 3 heterocycles. The number of hydrogen-bond acceptors (Lipinski definition) is 2. The summed E-state index contributed by atoms with van der Waals surface area (Å²) >= 11 is 3.63. The van der Waals surface area contributed by atoms with Gasteiger partial charge in [-0.25, -0.2) is 4.98 Å². The van der Waals surface area contributed by atoms with Crippen LogP contribution >= 0.6 is 15.9 Å². The van der Waals surface area contributed by atoms with E-state index in [1.807, 2.05) is 24.4 Å². The number of rotatable bonds is 4. The predicted octanol–water partition coefficient (Wildman–Crippen LogP) is 9.34. The molecule has 0 N–H and O–H groups in total. The van der Waals surface area contributed by atoms with E-state index in [-0.39, 0.29) is 0 Å². The maximum atomic E-state index is 5.04. The molecule has 0 spiro atoms. The minimum atomic E-state index is 0.957. The zero-order valence-corrected chi connectivity index (χ0v) is 22.0. The Morgan fingerprint density at radius 2 is 1.21 bits per heavy atom. The molecule has 0 aliphatic carbocycles. The van der Waals surface area contributed by atoms with Gasteiger partial charge in [0.1, 0.15) is 0 Å². The zero-order chi connectivity index (χ0) is 25.5. The van der Waals surface area contributed by atoms with Crippen LogP contribution in [0.15, 0.2) is 138 Å². The molecule has 0 radical (unpaired) electrons. The second kappa shape index (κ2) is 9.40. The van der Waals surface area contributed by atoms with Crippen LogP contribution in [0.1, 0.15) is 0 Å². The van der Waals surface area contributed by atoms with Crippen molar-refractivity contribution in [3.63, 3.8) is 0 Å². The summed E-state index contributed by atoms with van der Waals surface area (Å²) in [4.78, 5) is 9.76. The standard InChI is InChI=1S/C34H22BrN3/c35-27-16-17-32-29(22-27)34-33(15-8-18-36-34)38(32)28-14-7-13-25(19-28)26-20-30(23-9-3-1-4-10-23)37-31(21-26)24-11-5-2-6-12-24/h1-22H. The Kier molecular flexibility index (Phi) is 5.60. The van der Waals surface area contributed by atoms with Crippen molar-refractivity contribution in [3.8, 4) is 39.3 Å². The smallest absolute Gasteiger partial charge is 0.0963 e. The van der Waals surface area contributed by atoms with E-state index in [2.05, 4.69) is 130 Å². The number of hydrogen-bond donors (Lipinski definition) is 0. The summed E-state index contributed by atoms with van der Waals surface area (Å²) in [5.74, 6) is 0. The van der Waals surface area contributed by atoms with E-state index in [4.69, 9.17) is 9.97 Å². The highest BCUT2D eigenvalue weighted by molar-refractivity contribution is 9.10. The molecule has 4 heteroatoms. The molecule has 0 amide bonds. The first-order valence-corrected chi connectivity index (χ1v) is 13.3. The Morgan fingerprint density at radius 3 is 1.92 bits per heavy atom. The molecule has 0 unspecified atom stereocenters. The first-order valence-electron chi connectivity index (χ1n) is 12.5. The fourth-order valence-electron chi connectivity index (χ4n) is 5.12. The van der Waals surface area contributed by atoms with Crippen molar-refractivity contribution in [1.29, 1.82) is 0 Å². The highest BCUT2D eigenvalue weighted by Gasteiger charge is 2.15. The van der Waals surface area contributed by atoms with Gasteiger partial charge < -0.3 is 4.57 Å². The fraction of sp³-hybridized carbons (Fsp3) is 0. The van der Waals surface area contributed by atoms with Crippen LogP contribution in [-0.2, 0) is 0 Å². The first kappa shape index (κ1) is 22.6. The van der Waals surface area contributed by atoms with E-state index < -0.39 is 0 Å². The van der Waals surface area contributed by atoms with E-state index in [1.54, 1.807) is 0 Å². The molecular weight excluding hydrogens is 530 g/mol. The van der Waals surface area contributed by atoms with Crippen molar-refractivity contribution < 1.29 is 0 Å². The van der Waals surface area contributed by atoms with Crippen molar-refractivity contribution in [2.24, 2.45) is 0 Å². The van der Waals surface area contributed by atoms with Crippen molar-refractivity contribution in [2.45, 2.75) is 0 Å². The number of aromatic nitrogens is 3. The molecule has 7 aromatic rings. The summed E-state index contributed by atoms with van der Waals surface area (Å²) < 4.78 is 3.34. The number of nitrogens with zero attached hydrogens (tertiary/aromatic N) is 3. The summed E-state index contributed by atoms with van der Waals surface area (Å²) in [6.45, 7) is 0. The fourth-order valence-corrected chi connectivity index (χ4v) is 5.48. The van der Waals surface area contributed by atoms with E-state index in [9.17, 15) is 0 Å². The largest absolute Gasteiger partial charge is 0.308 e. The van der Waals surface area contributed by atoms with Gasteiger partial charge in [-0.05, 0) is 65.7 Å². The highest BCUT2D eigenvalue weighted by Crippen LogP contribution is 2.35. The molecule has 4 aromatic carbocycles. The molecule has 3 aromatic heterocycles. The number of fused-ring (bicyclic) bond motifs is 3. The minimum absolute atomic E-state index is 0.957. The van der Waals surface area contributed by atoms with Crippen molar-refractivity contribution in [3.05, 3.63) is 138 Å². The molecule has 0 bridgehead atoms. The Balaban J connectivity index is 1.44. The van der Waals surface area contributed by atoms with Crippen molar-refractivity contribution >= 4 is 37.9 Å². The molecule has 0 aliphatic heterocycles. The summed E-state index contributed by atoms with van der Waals surface area (Å²) in [5, 5.41) is 1.13. The van der Waals surface area contributed by atoms with Gasteiger partial charge in [-0.15, -0.1) is 0 Å². The van der Waals surface area contributed by atoms with Gasteiger partial charge in [0.05, 0.1) is 27.9 Å². The maximum Gasteiger partial charge on any atom is 0.0963 e. The van der Waals surface area contributed by atoms with Crippen LogP contribution in [-0.4, -0.2) is 14.5 Å². The average molecular weight is 552 g/mol. The lowest BCUT2D eigenvalue weighted by molar-refractivity contribution is 1.17. The molecule has 0 saturated carbocycles. The van der Waals surface area contributed by atoms with Crippen molar-refractivity contribution in [1.82, 2.24) is 14.5 Å². The lowest BCUT2D eigenvalue weighted by Crippen LogP contribution is -1.95. The van der Waals surface area contributed by atoms with Gasteiger partial charge in [0, 0.05) is 32.9 Å². The molecule has 0 fully saturated rings. The minimum Gasteiger partial charge on any atom is -0.308 e. The molecule has 38 heavy (non-hydrogen) atoms. The average Bonchev–Trinajstić information content (AvgIpc) is 3.31. The van der Waals surface area contributed by atoms with Gasteiger partial charge in [0.25, 0.3) is 0 Å². The van der Waals surface area contributed by atoms with Gasteiger partial charge in [-0.3, -0.25) is 4.98 Å². The lowest BCUT2D eigenvalue weighted by atomic mass is 9.99.